The summed E-state index contributed by atoms with van der Waals surface area (Å²) < 4.78 is 11.5. The molecule has 0 aromatic carbocycles. The van der Waals surface area contributed by atoms with Crippen molar-refractivity contribution in [1.29, 1.82) is 0 Å². The van der Waals surface area contributed by atoms with Crippen molar-refractivity contribution >= 4 is 11.8 Å². The number of β-amino-alcohol motifs (C(OH)–C–C–N with tert-alkyl or cyclic N) is 1. The molecule has 2 rings (SSSR count). The fraction of sp³-hybridized carbons (Fsp3) is 0.875. The molecule has 23 heavy (non-hydrogen) atoms. The second-order valence-electron chi connectivity index (χ2n) is 6.19. The molecule has 0 radical (unpaired) electrons. The third kappa shape index (κ3) is 4.89. The summed E-state index contributed by atoms with van der Waals surface area (Å²) in [6, 6.07) is -0.0945. The van der Waals surface area contributed by atoms with Crippen molar-refractivity contribution in [2.24, 2.45) is 0 Å². The fourth-order valence-corrected chi connectivity index (χ4v) is 3.31. The molecule has 2 fully saturated rings. The highest BCUT2D eigenvalue weighted by Gasteiger charge is 2.39. The zero-order valence-corrected chi connectivity index (χ0v) is 14.0. The minimum atomic E-state index is -0.667. The van der Waals surface area contributed by atoms with Gasteiger partial charge in [-0.3, -0.25) is 9.59 Å². The lowest BCUT2D eigenvalue weighted by Crippen LogP contribution is -2.57. The number of aliphatic hydroxyl groups excluding tert-OH is 1. The first-order valence-electron chi connectivity index (χ1n) is 8.52. The summed E-state index contributed by atoms with van der Waals surface area (Å²) in [6.07, 6.45) is 1.17. The minimum absolute atomic E-state index is 0.0142. The molecule has 132 valence electrons. The molecule has 0 bridgehead atoms. The van der Waals surface area contributed by atoms with Crippen molar-refractivity contribution < 1.29 is 24.2 Å². The standard InChI is InChI=1S/C16H28N2O5/c1-3-16(21)18-8-11(19)9-22-10-14-13(18)6-5-12(23-14)7-15(20)17-4-2/h11-14,19H,3-10H2,1-2H3,(H,17,20)/t11-,12-,13-,14+/m1/s1. The van der Waals surface area contributed by atoms with Crippen LogP contribution in [0.25, 0.3) is 0 Å². The molecule has 2 aliphatic heterocycles. The first-order chi connectivity index (χ1) is 11.0. The lowest BCUT2D eigenvalue weighted by atomic mass is 9.94. The van der Waals surface area contributed by atoms with Crippen LogP contribution in [-0.4, -0.2) is 72.5 Å². The van der Waals surface area contributed by atoms with Crippen LogP contribution in [0.5, 0.6) is 0 Å². The minimum Gasteiger partial charge on any atom is -0.389 e. The Labute approximate surface area is 137 Å². The van der Waals surface area contributed by atoms with E-state index in [4.69, 9.17) is 9.47 Å². The SMILES string of the molecule is CCNC(=O)C[C@H]1CC[C@@H]2[C@H](COC[C@H](O)CN2C(=O)CC)O1. The van der Waals surface area contributed by atoms with E-state index in [1.807, 2.05) is 13.8 Å². The molecule has 2 saturated heterocycles. The van der Waals surface area contributed by atoms with Crippen LogP contribution in [-0.2, 0) is 19.1 Å². The Balaban J connectivity index is 2.02. The Hall–Kier alpha value is -1.18. The van der Waals surface area contributed by atoms with Gasteiger partial charge in [0.15, 0.2) is 0 Å². The summed E-state index contributed by atoms with van der Waals surface area (Å²) >= 11 is 0. The molecule has 2 aliphatic rings. The highest BCUT2D eigenvalue weighted by Crippen LogP contribution is 2.28. The van der Waals surface area contributed by atoms with Gasteiger partial charge in [-0.1, -0.05) is 6.92 Å². The highest BCUT2D eigenvalue weighted by molar-refractivity contribution is 5.77. The van der Waals surface area contributed by atoms with Crippen molar-refractivity contribution in [3.63, 3.8) is 0 Å². The van der Waals surface area contributed by atoms with Gasteiger partial charge in [0, 0.05) is 19.5 Å². The average molecular weight is 328 g/mol. The molecule has 0 aliphatic carbocycles. The van der Waals surface area contributed by atoms with Gasteiger partial charge in [-0.2, -0.15) is 0 Å². The number of fused-ring (bicyclic) bond motifs is 1. The number of ether oxygens (including phenoxy) is 2. The second-order valence-corrected chi connectivity index (χ2v) is 6.19. The van der Waals surface area contributed by atoms with Crippen LogP contribution in [0.15, 0.2) is 0 Å². The molecule has 2 N–H and O–H groups in total. The molecule has 0 unspecified atom stereocenters. The molecule has 7 nitrogen and oxygen atoms in total. The molecular formula is C16H28N2O5. The number of rotatable bonds is 4. The van der Waals surface area contributed by atoms with Crippen LogP contribution >= 0.6 is 0 Å². The van der Waals surface area contributed by atoms with E-state index in [1.165, 1.54) is 0 Å². The zero-order valence-electron chi connectivity index (χ0n) is 14.0. The van der Waals surface area contributed by atoms with Gasteiger partial charge in [0.2, 0.25) is 11.8 Å². The number of amides is 2. The molecule has 2 amide bonds. The Bertz CT molecular complexity index is 417. The smallest absolute Gasteiger partial charge is 0.222 e. The van der Waals surface area contributed by atoms with Crippen molar-refractivity contribution in [2.75, 3.05) is 26.3 Å². The molecule has 7 heteroatoms. The highest BCUT2D eigenvalue weighted by atomic mass is 16.5. The fourth-order valence-electron chi connectivity index (χ4n) is 3.31. The van der Waals surface area contributed by atoms with Gasteiger partial charge in [0.1, 0.15) is 6.10 Å². The van der Waals surface area contributed by atoms with E-state index in [0.29, 0.717) is 26.0 Å². The molecule has 0 spiro atoms. The summed E-state index contributed by atoms with van der Waals surface area (Å²) in [7, 11) is 0. The maximum Gasteiger partial charge on any atom is 0.222 e. The Morgan fingerprint density at radius 2 is 2.04 bits per heavy atom. The first kappa shape index (κ1) is 18.2. The maximum absolute atomic E-state index is 12.2. The largest absolute Gasteiger partial charge is 0.389 e. The quantitative estimate of drug-likeness (QED) is 0.762. The van der Waals surface area contributed by atoms with Gasteiger partial charge in [-0.15, -0.1) is 0 Å². The van der Waals surface area contributed by atoms with Gasteiger partial charge in [-0.25, -0.2) is 0 Å². The number of nitrogens with zero attached hydrogens (tertiary/aromatic N) is 1. The van der Waals surface area contributed by atoms with Crippen LogP contribution in [0.4, 0.5) is 0 Å². The second kappa shape index (κ2) is 8.61. The number of hydrogen-bond acceptors (Lipinski definition) is 5. The van der Waals surface area contributed by atoms with E-state index >= 15 is 0 Å². The van der Waals surface area contributed by atoms with E-state index in [1.54, 1.807) is 4.90 Å². The van der Waals surface area contributed by atoms with Crippen LogP contribution < -0.4 is 5.32 Å². The molecular weight excluding hydrogens is 300 g/mol. The first-order valence-corrected chi connectivity index (χ1v) is 8.52. The summed E-state index contributed by atoms with van der Waals surface area (Å²) in [5.74, 6) is 0.00588. The Morgan fingerprint density at radius 3 is 2.74 bits per heavy atom. The maximum atomic E-state index is 12.2. The normalized spacial score (nSPS) is 31.7. The van der Waals surface area contributed by atoms with E-state index in [0.717, 1.165) is 12.8 Å². The average Bonchev–Trinajstić information content (AvgIpc) is 2.51. The Kier molecular flexibility index (Phi) is 6.80. The third-order valence-corrected chi connectivity index (χ3v) is 4.39. The van der Waals surface area contributed by atoms with Gasteiger partial charge in [0.25, 0.3) is 0 Å². The summed E-state index contributed by atoms with van der Waals surface area (Å²) in [6.45, 7) is 5.12. The van der Waals surface area contributed by atoms with Gasteiger partial charge in [0.05, 0.1) is 37.9 Å². The lowest BCUT2D eigenvalue weighted by Gasteiger charge is -2.44. The van der Waals surface area contributed by atoms with Gasteiger partial charge >= 0.3 is 0 Å². The number of hydrogen-bond donors (Lipinski definition) is 2. The number of aliphatic hydroxyl groups is 1. The predicted molar refractivity (Wildman–Crippen MR) is 83.8 cm³/mol. The zero-order chi connectivity index (χ0) is 16.8. The summed E-state index contributed by atoms with van der Waals surface area (Å²) in [5, 5.41) is 12.7. The Morgan fingerprint density at radius 1 is 1.26 bits per heavy atom. The molecule has 4 atom stereocenters. The van der Waals surface area contributed by atoms with Crippen LogP contribution in [0.3, 0.4) is 0 Å². The predicted octanol–water partition coefficient (Wildman–Crippen LogP) is 0.0585. The lowest BCUT2D eigenvalue weighted by molar-refractivity contribution is -0.169. The molecule has 2 heterocycles. The topological polar surface area (TPSA) is 88.1 Å². The van der Waals surface area contributed by atoms with Crippen molar-refractivity contribution in [2.45, 2.75) is 63.9 Å². The summed E-state index contributed by atoms with van der Waals surface area (Å²) in [5.41, 5.74) is 0. The summed E-state index contributed by atoms with van der Waals surface area (Å²) in [4.78, 5) is 25.7. The monoisotopic (exact) mass is 328 g/mol. The molecule has 0 aromatic heterocycles. The number of carbonyl (C=O) groups is 2. The van der Waals surface area contributed by atoms with Crippen molar-refractivity contribution in [1.82, 2.24) is 10.2 Å². The van der Waals surface area contributed by atoms with E-state index < -0.39 is 6.10 Å². The van der Waals surface area contributed by atoms with Crippen LogP contribution in [0, 0.1) is 0 Å². The van der Waals surface area contributed by atoms with E-state index in [-0.39, 0.29) is 43.2 Å². The van der Waals surface area contributed by atoms with Crippen LogP contribution in [0.2, 0.25) is 0 Å². The van der Waals surface area contributed by atoms with Gasteiger partial charge < -0.3 is 24.8 Å². The number of nitrogens with one attached hydrogen (secondary N) is 1. The van der Waals surface area contributed by atoms with Crippen LogP contribution in [0.1, 0.15) is 39.5 Å². The third-order valence-electron chi connectivity index (χ3n) is 4.39. The molecule has 0 aromatic rings. The van der Waals surface area contributed by atoms with Crippen molar-refractivity contribution in [3.05, 3.63) is 0 Å². The number of carbonyl (C=O) groups excluding carboxylic acids is 2. The van der Waals surface area contributed by atoms with Gasteiger partial charge in [-0.05, 0) is 19.8 Å². The van der Waals surface area contributed by atoms with E-state index in [9.17, 15) is 14.7 Å². The van der Waals surface area contributed by atoms with E-state index in [2.05, 4.69) is 5.32 Å². The molecule has 0 saturated carbocycles. The van der Waals surface area contributed by atoms with Crippen molar-refractivity contribution in [3.8, 4) is 0 Å².